The van der Waals surface area contributed by atoms with Crippen LogP contribution in [-0.4, -0.2) is 28.1 Å². The Hall–Kier alpha value is -2.94. The second kappa shape index (κ2) is 7.52. The summed E-state index contributed by atoms with van der Waals surface area (Å²) in [4.78, 5) is 10.5. The fourth-order valence-corrected chi connectivity index (χ4v) is 2.33. The van der Waals surface area contributed by atoms with Crippen molar-refractivity contribution in [2.24, 2.45) is 5.10 Å². The van der Waals surface area contributed by atoms with E-state index in [1.54, 1.807) is 5.43 Å². The molecule has 26 heavy (non-hydrogen) atoms. The third-order valence-electron chi connectivity index (χ3n) is 3.44. The molecule has 0 radical (unpaired) electrons. The van der Waals surface area contributed by atoms with Crippen LogP contribution in [0.25, 0.3) is 11.1 Å². The Labute approximate surface area is 145 Å². The number of benzene rings is 2. The molecule has 0 fully saturated rings. The molecule has 0 aliphatic carbocycles. The number of aliphatic hydroxyl groups is 1. The van der Waals surface area contributed by atoms with E-state index < -0.39 is 29.8 Å². The summed E-state index contributed by atoms with van der Waals surface area (Å²) in [5, 5.41) is 21.7. The van der Waals surface area contributed by atoms with Gasteiger partial charge < -0.3 is 10.2 Å². The molecule has 0 saturated carbocycles. The van der Waals surface area contributed by atoms with Gasteiger partial charge in [-0.3, -0.25) is 0 Å². The normalized spacial score (nSPS) is 13.4. The van der Waals surface area contributed by atoms with E-state index in [9.17, 15) is 27.5 Å². The molecule has 5 nitrogen and oxygen atoms in total. The maximum Gasteiger partial charge on any atom is 0.425 e. The molecule has 0 bridgehead atoms. The van der Waals surface area contributed by atoms with Crippen molar-refractivity contribution < 1.29 is 32.6 Å². The molecule has 1 unspecified atom stereocenters. The van der Waals surface area contributed by atoms with Crippen LogP contribution in [0.4, 0.5) is 22.4 Å². The van der Waals surface area contributed by atoms with Crippen LogP contribution in [0.5, 0.6) is 0 Å². The maximum absolute atomic E-state index is 13.5. The monoisotopic (exact) mass is 370 g/mol. The lowest BCUT2D eigenvalue weighted by atomic mass is 9.94. The van der Waals surface area contributed by atoms with Gasteiger partial charge in [-0.1, -0.05) is 24.3 Å². The van der Waals surface area contributed by atoms with Crippen molar-refractivity contribution in [1.29, 1.82) is 0 Å². The molecule has 1 amide bonds. The minimum atomic E-state index is -4.73. The second-order valence-corrected chi connectivity index (χ2v) is 5.35. The first kappa shape index (κ1) is 19.4. The molecule has 0 saturated heterocycles. The van der Waals surface area contributed by atoms with Gasteiger partial charge in [0.1, 0.15) is 5.82 Å². The summed E-state index contributed by atoms with van der Waals surface area (Å²) in [6, 6.07) is 7.71. The number of halogens is 4. The van der Waals surface area contributed by atoms with Gasteiger partial charge in [0.25, 0.3) is 0 Å². The molecule has 0 aliphatic heterocycles. The average molecular weight is 370 g/mol. The van der Waals surface area contributed by atoms with Gasteiger partial charge in [0.05, 0.1) is 17.4 Å². The number of alkyl halides is 3. The average Bonchev–Trinajstić information content (AvgIpc) is 2.54. The van der Waals surface area contributed by atoms with E-state index in [1.807, 2.05) is 0 Å². The number of aliphatic hydroxyl groups excluding tert-OH is 1. The predicted molar refractivity (Wildman–Crippen MR) is 86.2 cm³/mol. The number of nitrogens with one attached hydrogen (secondary N) is 1. The number of hydrogen-bond donors (Lipinski definition) is 3. The second-order valence-electron chi connectivity index (χ2n) is 5.35. The van der Waals surface area contributed by atoms with Crippen LogP contribution in [0, 0.1) is 5.82 Å². The number of hydrazone groups is 1. The number of hydrogen-bond acceptors (Lipinski definition) is 3. The summed E-state index contributed by atoms with van der Waals surface area (Å²) >= 11 is 0. The van der Waals surface area contributed by atoms with Crippen molar-refractivity contribution >= 4 is 11.8 Å². The van der Waals surface area contributed by atoms with Crippen LogP contribution in [0.3, 0.4) is 0 Å². The van der Waals surface area contributed by atoms with Gasteiger partial charge in [-0.25, -0.2) is 14.6 Å². The van der Waals surface area contributed by atoms with Crippen molar-refractivity contribution in [2.45, 2.75) is 19.2 Å². The van der Waals surface area contributed by atoms with Gasteiger partial charge in [-0.2, -0.15) is 18.3 Å². The summed E-state index contributed by atoms with van der Waals surface area (Å²) in [5.41, 5.74) is 0.230. The van der Waals surface area contributed by atoms with E-state index in [-0.39, 0.29) is 22.4 Å². The van der Waals surface area contributed by atoms with E-state index in [0.29, 0.717) is 0 Å². The van der Waals surface area contributed by atoms with Gasteiger partial charge in [-0.15, -0.1) is 0 Å². The van der Waals surface area contributed by atoms with Gasteiger partial charge in [0.2, 0.25) is 0 Å². The third kappa shape index (κ3) is 4.57. The highest BCUT2D eigenvalue weighted by Gasteiger charge is 2.34. The smallest absolute Gasteiger partial charge is 0.425 e. The first-order valence-electron chi connectivity index (χ1n) is 7.31. The van der Waals surface area contributed by atoms with Crippen LogP contribution in [0.15, 0.2) is 47.6 Å². The molecule has 138 valence electrons. The van der Waals surface area contributed by atoms with Crippen molar-refractivity contribution in [1.82, 2.24) is 5.43 Å². The Morgan fingerprint density at radius 2 is 1.77 bits per heavy atom. The first-order valence-corrected chi connectivity index (χ1v) is 7.31. The molecule has 9 heteroatoms. The Morgan fingerprint density at radius 1 is 1.15 bits per heavy atom. The molecular formula is C17H14F4N2O3. The zero-order chi connectivity index (χ0) is 19.5. The summed E-state index contributed by atoms with van der Waals surface area (Å²) in [5.74, 6) is -0.581. The summed E-state index contributed by atoms with van der Waals surface area (Å²) in [6.07, 6.45) is -7.58. The minimum absolute atomic E-state index is 0.105. The van der Waals surface area contributed by atoms with E-state index >= 15 is 0 Å². The van der Waals surface area contributed by atoms with Crippen LogP contribution >= 0.6 is 0 Å². The number of nitrogens with zero attached hydrogens (tertiary/aromatic N) is 1. The topological polar surface area (TPSA) is 81.9 Å². The largest absolute Gasteiger partial charge is 0.464 e. The van der Waals surface area contributed by atoms with E-state index in [4.69, 9.17) is 5.11 Å². The summed E-state index contributed by atoms with van der Waals surface area (Å²) in [7, 11) is 0. The van der Waals surface area contributed by atoms with Crippen molar-refractivity contribution in [2.75, 3.05) is 0 Å². The first-order chi connectivity index (χ1) is 12.1. The molecule has 1 atom stereocenters. The number of rotatable bonds is 4. The zero-order valence-corrected chi connectivity index (χ0v) is 13.4. The lowest BCUT2D eigenvalue weighted by Crippen LogP contribution is -2.24. The van der Waals surface area contributed by atoms with E-state index in [2.05, 4.69) is 5.10 Å². The highest BCUT2D eigenvalue weighted by molar-refractivity contribution is 6.04. The molecule has 2 rings (SSSR count). The predicted octanol–water partition coefficient (Wildman–Crippen LogP) is 3.86. The van der Waals surface area contributed by atoms with Crippen LogP contribution < -0.4 is 5.43 Å². The molecular weight excluding hydrogens is 356 g/mol. The third-order valence-corrected chi connectivity index (χ3v) is 3.44. The van der Waals surface area contributed by atoms with Crippen molar-refractivity contribution in [3.05, 3.63) is 59.4 Å². The number of carbonyl (C=O) groups is 1. The maximum atomic E-state index is 13.5. The fourth-order valence-electron chi connectivity index (χ4n) is 2.33. The number of carboxylic acid groups (broad SMARTS) is 1. The van der Waals surface area contributed by atoms with Crippen molar-refractivity contribution in [3.63, 3.8) is 0 Å². The van der Waals surface area contributed by atoms with Gasteiger partial charge in [0.15, 0.2) is 0 Å². The van der Waals surface area contributed by atoms with E-state index in [1.165, 1.54) is 25.1 Å². The zero-order valence-electron chi connectivity index (χ0n) is 13.4. The Bertz CT molecular complexity index is 831. The summed E-state index contributed by atoms with van der Waals surface area (Å²) < 4.78 is 53.5. The van der Waals surface area contributed by atoms with Gasteiger partial charge in [-0.05, 0) is 36.2 Å². The molecule has 0 aliphatic rings. The lowest BCUT2D eigenvalue weighted by Gasteiger charge is -2.16. The lowest BCUT2D eigenvalue weighted by molar-refractivity contribution is -0.137. The van der Waals surface area contributed by atoms with Crippen LogP contribution in [0.1, 0.15) is 18.1 Å². The summed E-state index contributed by atoms with van der Waals surface area (Å²) in [6.45, 7) is 1.24. The van der Waals surface area contributed by atoms with Crippen LogP contribution in [-0.2, 0) is 6.18 Å². The Morgan fingerprint density at radius 3 is 2.27 bits per heavy atom. The Kier molecular flexibility index (Phi) is 5.61. The minimum Gasteiger partial charge on any atom is -0.464 e. The molecule has 0 spiro atoms. The highest BCUT2D eigenvalue weighted by atomic mass is 19.4. The van der Waals surface area contributed by atoms with Crippen molar-refractivity contribution in [3.8, 4) is 11.1 Å². The molecule has 3 N–H and O–H groups in total. The molecule has 2 aromatic rings. The molecule has 0 heterocycles. The SMILES string of the molecule is CC(O)/C(=N\NC(=O)O)c1ccc(-c2ccc(F)cc2)c(C(F)(F)F)c1. The number of amides is 1. The Balaban J connectivity index is 2.60. The quantitative estimate of drug-likeness (QED) is 0.434. The fraction of sp³-hybridized carbons (Fsp3) is 0.176. The standard InChI is InChI=1S/C17H14F4N2O3/c1-9(24)15(22-23-16(25)26)11-4-7-13(14(8-11)17(19,20)21)10-2-5-12(18)6-3-10/h2-9,23-24H,1H3,(H,25,26)/b22-15+. The van der Waals surface area contributed by atoms with Gasteiger partial charge in [0, 0.05) is 5.56 Å². The van der Waals surface area contributed by atoms with Gasteiger partial charge >= 0.3 is 12.3 Å². The van der Waals surface area contributed by atoms with Crippen LogP contribution in [0.2, 0.25) is 0 Å². The molecule has 0 aromatic heterocycles. The van der Waals surface area contributed by atoms with E-state index in [0.717, 1.165) is 24.3 Å². The molecule has 2 aromatic carbocycles. The highest BCUT2D eigenvalue weighted by Crippen LogP contribution is 2.38.